The first-order valence-electron chi connectivity index (χ1n) is 10.00. The summed E-state index contributed by atoms with van der Waals surface area (Å²) in [6.45, 7) is 3.43. The molecule has 1 heterocycles. The Balaban J connectivity index is 1.82. The van der Waals surface area contributed by atoms with Crippen LogP contribution in [0.3, 0.4) is 0 Å². The van der Waals surface area contributed by atoms with E-state index in [0.29, 0.717) is 24.6 Å². The fourth-order valence-corrected chi connectivity index (χ4v) is 4.11. The van der Waals surface area contributed by atoms with E-state index in [9.17, 15) is 13.2 Å². The zero-order chi connectivity index (χ0) is 22.6. The fourth-order valence-electron chi connectivity index (χ4n) is 3.60. The number of rotatable bonds is 7. The first-order chi connectivity index (χ1) is 14.7. The summed E-state index contributed by atoms with van der Waals surface area (Å²) in [4.78, 5) is 17.4. The number of anilines is 1. The van der Waals surface area contributed by atoms with E-state index >= 15 is 0 Å². The van der Waals surface area contributed by atoms with Gasteiger partial charge in [-0.2, -0.15) is 0 Å². The third kappa shape index (κ3) is 5.29. The number of carbonyl (C=O) groups is 1. The first kappa shape index (κ1) is 22.9. The van der Waals surface area contributed by atoms with E-state index in [2.05, 4.69) is 17.0 Å². The minimum Gasteiger partial charge on any atom is -0.493 e. The van der Waals surface area contributed by atoms with Crippen LogP contribution in [0.15, 0.2) is 42.5 Å². The van der Waals surface area contributed by atoms with Gasteiger partial charge in [-0.1, -0.05) is 30.3 Å². The fraction of sp³-hybridized carbons (Fsp3) is 0.409. The molecule has 0 saturated carbocycles. The van der Waals surface area contributed by atoms with E-state index in [0.717, 1.165) is 30.2 Å². The second-order valence-corrected chi connectivity index (χ2v) is 9.52. The Morgan fingerprint density at radius 1 is 1.00 bits per heavy atom. The van der Waals surface area contributed by atoms with Crippen LogP contribution in [0.5, 0.6) is 11.5 Å². The second kappa shape index (κ2) is 9.57. The minimum atomic E-state index is -3.57. The van der Waals surface area contributed by atoms with Crippen LogP contribution >= 0.6 is 0 Å². The Labute approximate surface area is 184 Å². The lowest BCUT2D eigenvalue weighted by atomic mass is 10.1. The number of sulfonamides is 1. The number of carbonyl (C=O) groups excluding carboxylic acids is 1. The summed E-state index contributed by atoms with van der Waals surface area (Å²) in [6, 6.07) is 13.3. The number of piperazine rings is 1. The Morgan fingerprint density at radius 2 is 1.58 bits per heavy atom. The van der Waals surface area contributed by atoms with Gasteiger partial charge in [-0.25, -0.2) is 8.42 Å². The zero-order valence-corrected chi connectivity index (χ0v) is 19.2. The Hall–Kier alpha value is -2.78. The molecule has 0 unspecified atom stereocenters. The minimum absolute atomic E-state index is 0.231. The van der Waals surface area contributed by atoms with Gasteiger partial charge in [0.15, 0.2) is 11.5 Å². The quantitative estimate of drug-likeness (QED) is 0.647. The molecule has 3 rings (SSSR count). The Kier molecular flexibility index (Phi) is 7.07. The molecule has 1 aliphatic rings. The van der Waals surface area contributed by atoms with Crippen molar-refractivity contribution < 1.29 is 22.7 Å². The monoisotopic (exact) mass is 447 g/mol. The highest BCUT2D eigenvalue weighted by Crippen LogP contribution is 2.36. The molecular formula is C22H29N3O5S. The molecule has 0 spiro atoms. The number of methoxy groups -OCH3 is 2. The molecule has 1 fully saturated rings. The van der Waals surface area contributed by atoms with Crippen LogP contribution in [0.1, 0.15) is 15.9 Å². The van der Waals surface area contributed by atoms with E-state index in [4.69, 9.17) is 9.47 Å². The molecule has 168 valence electrons. The van der Waals surface area contributed by atoms with Gasteiger partial charge in [-0.15, -0.1) is 0 Å². The molecule has 0 radical (unpaired) electrons. The molecule has 1 amide bonds. The molecule has 2 aromatic rings. The molecule has 31 heavy (non-hydrogen) atoms. The van der Waals surface area contributed by atoms with Crippen molar-refractivity contribution in [3.63, 3.8) is 0 Å². The molecule has 2 aromatic carbocycles. The van der Waals surface area contributed by atoms with Gasteiger partial charge in [0.05, 0.1) is 31.7 Å². The first-order valence-corrected chi connectivity index (χ1v) is 11.8. The van der Waals surface area contributed by atoms with Gasteiger partial charge in [-0.05, 0) is 11.6 Å². The normalized spacial score (nSPS) is 14.9. The summed E-state index contributed by atoms with van der Waals surface area (Å²) in [6.07, 6.45) is 1.10. The SMILES string of the molecule is COc1cc(C(=O)N2CCN(Cc3ccccc3)CC2)c(N(C)S(C)(=O)=O)cc1OC. The largest absolute Gasteiger partial charge is 0.493 e. The van der Waals surface area contributed by atoms with Crippen molar-refractivity contribution in [3.8, 4) is 11.5 Å². The highest BCUT2D eigenvalue weighted by Gasteiger charge is 2.28. The summed E-state index contributed by atoms with van der Waals surface area (Å²) in [5.41, 5.74) is 1.76. The van der Waals surface area contributed by atoms with E-state index in [1.807, 2.05) is 18.2 Å². The summed E-state index contributed by atoms with van der Waals surface area (Å²) in [7, 11) is 0.798. The molecule has 8 nitrogen and oxygen atoms in total. The zero-order valence-electron chi connectivity index (χ0n) is 18.4. The lowest BCUT2D eigenvalue weighted by Crippen LogP contribution is -2.48. The van der Waals surface area contributed by atoms with Crippen LogP contribution in [0.2, 0.25) is 0 Å². The molecule has 0 N–H and O–H groups in total. The average molecular weight is 448 g/mol. The summed E-state index contributed by atoms with van der Waals surface area (Å²) in [5, 5.41) is 0. The molecule has 0 bridgehead atoms. The predicted octanol–water partition coefficient (Wildman–Crippen LogP) is 2.06. The van der Waals surface area contributed by atoms with E-state index in [-0.39, 0.29) is 17.2 Å². The lowest BCUT2D eigenvalue weighted by molar-refractivity contribution is 0.0629. The third-order valence-electron chi connectivity index (χ3n) is 5.48. The van der Waals surface area contributed by atoms with Gasteiger partial charge < -0.3 is 14.4 Å². The molecule has 0 aliphatic carbocycles. The molecule has 0 atom stereocenters. The van der Waals surface area contributed by atoms with Crippen molar-refractivity contribution in [2.24, 2.45) is 0 Å². The maximum atomic E-state index is 13.4. The molecule has 1 saturated heterocycles. The molecule has 1 aliphatic heterocycles. The number of hydrogen-bond acceptors (Lipinski definition) is 6. The summed E-state index contributed by atoms with van der Waals surface area (Å²) in [5.74, 6) is 0.502. The Morgan fingerprint density at radius 3 is 2.13 bits per heavy atom. The number of amides is 1. The van der Waals surface area contributed by atoms with Crippen LogP contribution < -0.4 is 13.8 Å². The van der Waals surface area contributed by atoms with Crippen LogP contribution in [0.25, 0.3) is 0 Å². The van der Waals surface area contributed by atoms with Crippen molar-refractivity contribution in [1.29, 1.82) is 0 Å². The van der Waals surface area contributed by atoms with Crippen LogP contribution in [0.4, 0.5) is 5.69 Å². The molecule has 9 heteroatoms. The number of ether oxygens (including phenoxy) is 2. The third-order valence-corrected chi connectivity index (χ3v) is 6.67. The van der Waals surface area contributed by atoms with Gasteiger partial charge in [0.1, 0.15) is 0 Å². The average Bonchev–Trinajstić information content (AvgIpc) is 2.77. The number of nitrogens with zero attached hydrogens (tertiary/aromatic N) is 3. The van der Waals surface area contributed by atoms with E-state index < -0.39 is 10.0 Å². The smallest absolute Gasteiger partial charge is 0.256 e. The van der Waals surface area contributed by atoms with E-state index in [1.54, 1.807) is 11.0 Å². The maximum Gasteiger partial charge on any atom is 0.256 e. The van der Waals surface area contributed by atoms with Crippen LogP contribution in [0, 0.1) is 0 Å². The summed E-state index contributed by atoms with van der Waals surface area (Å²) >= 11 is 0. The standard InChI is InChI=1S/C22H29N3O5S/c1-23(31(4,27)28)19-15-21(30-3)20(29-2)14-18(19)22(26)25-12-10-24(11-13-25)16-17-8-6-5-7-9-17/h5-9,14-15H,10-13,16H2,1-4H3. The molecule has 0 aromatic heterocycles. The lowest BCUT2D eigenvalue weighted by Gasteiger charge is -2.35. The highest BCUT2D eigenvalue weighted by molar-refractivity contribution is 7.92. The van der Waals surface area contributed by atoms with E-state index in [1.165, 1.54) is 32.9 Å². The highest BCUT2D eigenvalue weighted by atomic mass is 32.2. The second-order valence-electron chi connectivity index (χ2n) is 7.51. The van der Waals surface area contributed by atoms with Gasteiger partial charge in [-0.3, -0.25) is 14.0 Å². The number of hydrogen-bond donors (Lipinski definition) is 0. The topological polar surface area (TPSA) is 79.4 Å². The maximum absolute atomic E-state index is 13.4. The van der Waals surface area contributed by atoms with Crippen molar-refractivity contribution in [2.75, 3.05) is 58.0 Å². The van der Waals surface area contributed by atoms with Gasteiger partial charge >= 0.3 is 0 Å². The summed E-state index contributed by atoms with van der Waals surface area (Å²) < 4.78 is 36.1. The van der Waals surface area contributed by atoms with Crippen LogP contribution in [-0.2, 0) is 16.6 Å². The van der Waals surface area contributed by atoms with Gasteiger partial charge in [0.2, 0.25) is 10.0 Å². The van der Waals surface area contributed by atoms with Crippen LogP contribution in [-0.4, -0.2) is 77.8 Å². The van der Waals surface area contributed by atoms with Gasteiger partial charge in [0.25, 0.3) is 5.91 Å². The Bertz CT molecular complexity index is 1020. The van der Waals surface area contributed by atoms with Crippen molar-refractivity contribution in [2.45, 2.75) is 6.54 Å². The number of benzene rings is 2. The van der Waals surface area contributed by atoms with Crippen molar-refractivity contribution in [1.82, 2.24) is 9.80 Å². The van der Waals surface area contributed by atoms with Crippen molar-refractivity contribution in [3.05, 3.63) is 53.6 Å². The molecular weight excluding hydrogens is 418 g/mol. The predicted molar refractivity (Wildman–Crippen MR) is 120 cm³/mol. The van der Waals surface area contributed by atoms with Crippen molar-refractivity contribution >= 4 is 21.6 Å². The van der Waals surface area contributed by atoms with Gasteiger partial charge in [0, 0.05) is 45.8 Å².